The minimum Gasteiger partial charge on any atom is -0.468 e. The van der Waals surface area contributed by atoms with E-state index in [9.17, 15) is 4.79 Å². The topological polar surface area (TPSA) is 41.6 Å². The minimum absolute atomic E-state index is 0.146. The third kappa shape index (κ3) is 6.79. The molecule has 1 saturated carbocycles. The molecule has 0 aromatic carbocycles. The van der Waals surface area contributed by atoms with Gasteiger partial charge in [0.15, 0.2) is 0 Å². The molecule has 1 fully saturated rings. The van der Waals surface area contributed by atoms with Crippen molar-refractivity contribution in [3.63, 3.8) is 0 Å². The molecule has 124 valence electrons. The fourth-order valence-corrected chi connectivity index (χ4v) is 2.97. The van der Waals surface area contributed by atoms with Gasteiger partial charge in [-0.3, -0.25) is 4.79 Å². The van der Waals surface area contributed by atoms with Crippen molar-refractivity contribution in [1.29, 1.82) is 0 Å². The highest BCUT2D eigenvalue weighted by Crippen LogP contribution is 2.29. The van der Waals surface area contributed by atoms with Crippen LogP contribution in [0.25, 0.3) is 0 Å². The van der Waals surface area contributed by atoms with Crippen LogP contribution in [0.4, 0.5) is 0 Å². The van der Waals surface area contributed by atoms with Crippen LogP contribution < -0.4 is 5.32 Å². The Bertz CT molecular complexity index is 305. The molecule has 4 nitrogen and oxygen atoms in total. The predicted molar refractivity (Wildman–Crippen MR) is 87.4 cm³/mol. The van der Waals surface area contributed by atoms with E-state index in [0.29, 0.717) is 0 Å². The maximum Gasteiger partial charge on any atom is 0.325 e. The largest absolute Gasteiger partial charge is 0.468 e. The van der Waals surface area contributed by atoms with Crippen LogP contribution in [0.3, 0.4) is 0 Å². The molecule has 0 amide bonds. The lowest BCUT2D eigenvalue weighted by Crippen LogP contribution is -2.50. The molecular weight excluding hydrogens is 264 g/mol. The molecule has 0 radical (unpaired) electrons. The van der Waals surface area contributed by atoms with Crippen molar-refractivity contribution in [2.24, 2.45) is 5.92 Å². The van der Waals surface area contributed by atoms with E-state index in [1.54, 1.807) is 0 Å². The van der Waals surface area contributed by atoms with E-state index < -0.39 is 5.54 Å². The van der Waals surface area contributed by atoms with Crippen molar-refractivity contribution < 1.29 is 9.53 Å². The van der Waals surface area contributed by atoms with Gasteiger partial charge in [0.2, 0.25) is 0 Å². The number of methoxy groups -OCH3 is 1. The summed E-state index contributed by atoms with van der Waals surface area (Å²) in [6.07, 6.45) is 7.12. The van der Waals surface area contributed by atoms with Crippen LogP contribution in [0.5, 0.6) is 0 Å². The maximum atomic E-state index is 11.9. The second-order valence-corrected chi connectivity index (χ2v) is 6.56. The standard InChI is InChI=1S/C17H34N2O2/c1-5-12-19(14-15-9-10-15)13-8-7-11-17(3,18-6-2)16(20)21-4/h15,18H,5-14H2,1-4H3. The van der Waals surface area contributed by atoms with Crippen LogP contribution in [-0.4, -0.2) is 49.7 Å². The summed E-state index contributed by atoms with van der Waals surface area (Å²) in [7, 11) is 1.47. The number of hydrogen-bond acceptors (Lipinski definition) is 4. The average molecular weight is 298 g/mol. The van der Waals surface area contributed by atoms with Crippen LogP contribution in [-0.2, 0) is 9.53 Å². The van der Waals surface area contributed by atoms with Gasteiger partial charge in [0.1, 0.15) is 5.54 Å². The molecule has 1 unspecified atom stereocenters. The summed E-state index contributed by atoms with van der Waals surface area (Å²) in [4.78, 5) is 14.5. The van der Waals surface area contributed by atoms with E-state index in [-0.39, 0.29) is 5.97 Å². The number of likely N-dealkylation sites (N-methyl/N-ethyl adjacent to an activating group) is 1. The van der Waals surface area contributed by atoms with Gasteiger partial charge < -0.3 is 15.0 Å². The summed E-state index contributed by atoms with van der Waals surface area (Å²) in [5, 5.41) is 3.28. The van der Waals surface area contributed by atoms with Gasteiger partial charge in [0.05, 0.1) is 7.11 Å². The lowest BCUT2D eigenvalue weighted by molar-refractivity contribution is -0.148. The van der Waals surface area contributed by atoms with Crippen molar-refractivity contribution in [1.82, 2.24) is 10.2 Å². The van der Waals surface area contributed by atoms with Crippen molar-refractivity contribution in [3.8, 4) is 0 Å². The lowest BCUT2D eigenvalue weighted by atomic mass is 9.94. The average Bonchev–Trinajstić information content (AvgIpc) is 3.27. The van der Waals surface area contributed by atoms with E-state index >= 15 is 0 Å². The zero-order valence-electron chi connectivity index (χ0n) is 14.4. The Kier molecular flexibility index (Phi) is 8.27. The molecule has 1 aliphatic rings. The summed E-state index contributed by atoms with van der Waals surface area (Å²) < 4.78 is 4.93. The molecule has 0 heterocycles. The van der Waals surface area contributed by atoms with Gasteiger partial charge in [-0.25, -0.2) is 0 Å². The van der Waals surface area contributed by atoms with Crippen molar-refractivity contribution in [3.05, 3.63) is 0 Å². The van der Waals surface area contributed by atoms with Crippen LogP contribution in [0, 0.1) is 5.92 Å². The van der Waals surface area contributed by atoms with Gasteiger partial charge >= 0.3 is 5.97 Å². The van der Waals surface area contributed by atoms with Gasteiger partial charge in [-0.2, -0.15) is 0 Å². The second kappa shape index (κ2) is 9.42. The zero-order chi connectivity index (χ0) is 15.7. The van der Waals surface area contributed by atoms with Gasteiger partial charge in [-0.1, -0.05) is 13.8 Å². The third-order valence-corrected chi connectivity index (χ3v) is 4.36. The molecule has 0 aromatic heterocycles. The Hall–Kier alpha value is -0.610. The van der Waals surface area contributed by atoms with Crippen molar-refractivity contribution in [2.45, 2.75) is 64.8 Å². The molecule has 0 spiro atoms. The maximum absolute atomic E-state index is 11.9. The van der Waals surface area contributed by atoms with Gasteiger partial charge in [-0.05, 0) is 71.0 Å². The minimum atomic E-state index is -0.532. The molecule has 4 heteroatoms. The summed E-state index contributed by atoms with van der Waals surface area (Å²) in [6.45, 7) is 10.7. The molecule has 0 aromatic rings. The predicted octanol–water partition coefficient (Wildman–Crippen LogP) is 2.82. The SMILES string of the molecule is CCCN(CCCCC(C)(NCC)C(=O)OC)CC1CC1. The highest BCUT2D eigenvalue weighted by Gasteiger charge is 2.32. The number of nitrogens with zero attached hydrogens (tertiary/aromatic N) is 1. The van der Waals surface area contributed by atoms with Crippen LogP contribution in [0.1, 0.15) is 59.3 Å². The van der Waals surface area contributed by atoms with Gasteiger partial charge in [0.25, 0.3) is 0 Å². The van der Waals surface area contributed by atoms with Crippen molar-refractivity contribution >= 4 is 5.97 Å². The first-order valence-electron chi connectivity index (χ1n) is 8.61. The highest BCUT2D eigenvalue weighted by molar-refractivity contribution is 5.80. The number of esters is 1. The summed E-state index contributed by atoms with van der Waals surface area (Å²) >= 11 is 0. The number of ether oxygens (including phenoxy) is 1. The first kappa shape index (κ1) is 18.4. The number of rotatable bonds is 12. The van der Waals surface area contributed by atoms with Gasteiger partial charge in [0, 0.05) is 6.54 Å². The Morgan fingerprint density at radius 3 is 2.52 bits per heavy atom. The van der Waals surface area contributed by atoms with E-state index in [2.05, 4.69) is 17.1 Å². The Morgan fingerprint density at radius 2 is 2.00 bits per heavy atom. The smallest absolute Gasteiger partial charge is 0.325 e. The normalized spacial score (nSPS) is 17.8. The molecular formula is C17H34N2O2. The van der Waals surface area contributed by atoms with E-state index in [1.165, 1.54) is 39.5 Å². The molecule has 1 N–H and O–H groups in total. The van der Waals surface area contributed by atoms with E-state index in [1.807, 2.05) is 13.8 Å². The lowest BCUT2D eigenvalue weighted by Gasteiger charge is -2.28. The summed E-state index contributed by atoms with van der Waals surface area (Å²) in [6, 6.07) is 0. The fraction of sp³-hybridized carbons (Fsp3) is 0.941. The third-order valence-electron chi connectivity index (χ3n) is 4.36. The van der Waals surface area contributed by atoms with Crippen LogP contribution >= 0.6 is 0 Å². The quantitative estimate of drug-likeness (QED) is 0.444. The number of carbonyl (C=O) groups is 1. The highest BCUT2D eigenvalue weighted by atomic mass is 16.5. The Morgan fingerprint density at radius 1 is 1.29 bits per heavy atom. The van der Waals surface area contributed by atoms with Gasteiger partial charge in [-0.15, -0.1) is 0 Å². The summed E-state index contributed by atoms with van der Waals surface area (Å²) in [5.41, 5.74) is -0.532. The fourth-order valence-electron chi connectivity index (χ4n) is 2.97. The number of hydrogen-bond donors (Lipinski definition) is 1. The first-order valence-corrected chi connectivity index (χ1v) is 8.61. The Balaban J connectivity index is 2.29. The van der Waals surface area contributed by atoms with Crippen LogP contribution in [0.2, 0.25) is 0 Å². The molecule has 1 rings (SSSR count). The monoisotopic (exact) mass is 298 g/mol. The van der Waals surface area contributed by atoms with E-state index in [4.69, 9.17) is 4.74 Å². The molecule has 21 heavy (non-hydrogen) atoms. The van der Waals surface area contributed by atoms with Crippen molar-refractivity contribution in [2.75, 3.05) is 33.3 Å². The molecule has 0 bridgehead atoms. The zero-order valence-corrected chi connectivity index (χ0v) is 14.4. The first-order chi connectivity index (χ1) is 10.1. The molecule has 0 aliphatic heterocycles. The van der Waals surface area contributed by atoms with Crippen LogP contribution in [0.15, 0.2) is 0 Å². The number of nitrogens with one attached hydrogen (secondary N) is 1. The number of carbonyl (C=O) groups excluding carboxylic acids is 1. The number of unbranched alkanes of at least 4 members (excludes halogenated alkanes) is 1. The second-order valence-electron chi connectivity index (χ2n) is 6.56. The van der Waals surface area contributed by atoms with E-state index in [0.717, 1.165) is 38.3 Å². The summed E-state index contributed by atoms with van der Waals surface area (Å²) in [5.74, 6) is 0.811. The Labute approximate surface area is 130 Å². The molecule has 1 atom stereocenters. The molecule has 0 saturated heterocycles. The molecule has 1 aliphatic carbocycles.